The second-order valence-electron chi connectivity index (χ2n) is 4.08. The van der Waals surface area contributed by atoms with Crippen molar-refractivity contribution in [3.63, 3.8) is 0 Å². The zero-order valence-electron chi connectivity index (χ0n) is 12.7. The summed E-state index contributed by atoms with van der Waals surface area (Å²) in [4.78, 5) is 23.2. The Bertz CT molecular complexity index is 562. The van der Waals surface area contributed by atoms with Gasteiger partial charge in [0.05, 0.1) is 25.3 Å². The van der Waals surface area contributed by atoms with Gasteiger partial charge in [-0.15, -0.1) is 6.42 Å². The van der Waals surface area contributed by atoms with Crippen molar-refractivity contribution in [1.29, 1.82) is 0 Å². The molecule has 22 heavy (non-hydrogen) atoms. The number of hydrogen-bond acceptors (Lipinski definition) is 5. The lowest BCUT2D eigenvalue weighted by Gasteiger charge is -2.12. The average molecular weight is 305 g/mol. The van der Waals surface area contributed by atoms with E-state index in [-0.39, 0.29) is 12.1 Å². The molecule has 0 aromatic heterocycles. The van der Waals surface area contributed by atoms with E-state index in [0.29, 0.717) is 24.7 Å². The Balaban J connectivity index is 2.71. The minimum atomic E-state index is -0.625. The first-order chi connectivity index (χ1) is 10.6. The summed E-state index contributed by atoms with van der Waals surface area (Å²) in [7, 11) is 0. The quantitative estimate of drug-likeness (QED) is 0.580. The lowest BCUT2D eigenvalue weighted by atomic mass is 10.2. The van der Waals surface area contributed by atoms with Gasteiger partial charge in [0.25, 0.3) is 5.91 Å². The molecule has 0 unspecified atom stereocenters. The Morgan fingerprint density at radius 3 is 2.50 bits per heavy atom. The van der Waals surface area contributed by atoms with Crippen LogP contribution in [-0.4, -0.2) is 38.2 Å². The van der Waals surface area contributed by atoms with Gasteiger partial charge in [0.15, 0.2) is 18.1 Å². The van der Waals surface area contributed by atoms with Crippen molar-refractivity contribution in [2.75, 3.05) is 26.4 Å². The van der Waals surface area contributed by atoms with Crippen LogP contribution in [0.1, 0.15) is 24.2 Å². The fraction of sp³-hybridized carbons (Fsp3) is 0.375. The molecule has 0 heterocycles. The first kappa shape index (κ1) is 17.4. The van der Waals surface area contributed by atoms with Crippen LogP contribution < -0.4 is 14.8 Å². The number of terminal acetylenes is 1. The summed E-state index contributed by atoms with van der Waals surface area (Å²) in [5, 5.41) is 2.40. The first-order valence-electron chi connectivity index (χ1n) is 6.89. The summed E-state index contributed by atoms with van der Waals surface area (Å²) < 4.78 is 15.7. The standard InChI is InChI=1S/C16H19NO5/c1-4-9-17-15(18)11-22-16(19)12-7-8-13(20-5-2)14(10-12)21-6-3/h1,7-8,10H,5-6,9,11H2,2-3H3,(H,17,18). The molecule has 0 saturated heterocycles. The zero-order valence-corrected chi connectivity index (χ0v) is 12.7. The van der Waals surface area contributed by atoms with Gasteiger partial charge < -0.3 is 19.5 Å². The van der Waals surface area contributed by atoms with Gasteiger partial charge in [-0.1, -0.05) is 5.92 Å². The summed E-state index contributed by atoms with van der Waals surface area (Å²) in [6, 6.07) is 4.70. The van der Waals surface area contributed by atoms with Crippen LogP contribution in [0.25, 0.3) is 0 Å². The van der Waals surface area contributed by atoms with Crippen LogP contribution >= 0.6 is 0 Å². The Kier molecular flexibility index (Phi) is 7.34. The Morgan fingerprint density at radius 2 is 1.86 bits per heavy atom. The van der Waals surface area contributed by atoms with Gasteiger partial charge in [-0.25, -0.2) is 4.79 Å². The van der Waals surface area contributed by atoms with Crippen molar-refractivity contribution in [3.8, 4) is 23.8 Å². The second-order valence-corrected chi connectivity index (χ2v) is 4.08. The number of carbonyl (C=O) groups is 2. The predicted molar refractivity (Wildman–Crippen MR) is 80.9 cm³/mol. The van der Waals surface area contributed by atoms with Gasteiger partial charge in [-0.05, 0) is 32.0 Å². The molecule has 1 amide bonds. The molecule has 1 N–H and O–H groups in total. The lowest BCUT2D eigenvalue weighted by Crippen LogP contribution is -2.29. The highest BCUT2D eigenvalue weighted by molar-refractivity contribution is 5.92. The van der Waals surface area contributed by atoms with Crippen LogP contribution in [-0.2, 0) is 9.53 Å². The van der Waals surface area contributed by atoms with E-state index in [0.717, 1.165) is 0 Å². The molecule has 6 heteroatoms. The monoisotopic (exact) mass is 305 g/mol. The summed E-state index contributed by atoms with van der Waals surface area (Å²) in [6.45, 7) is 4.31. The summed E-state index contributed by atoms with van der Waals surface area (Å²) in [5.41, 5.74) is 0.275. The highest BCUT2D eigenvalue weighted by Crippen LogP contribution is 2.28. The average Bonchev–Trinajstić information content (AvgIpc) is 2.52. The third-order valence-electron chi connectivity index (χ3n) is 2.50. The number of benzene rings is 1. The molecule has 0 aliphatic carbocycles. The van der Waals surface area contributed by atoms with Crippen LogP contribution in [0.2, 0.25) is 0 Å². The van der Waals surface area contributed by atoms with E-state index < -0.39 is 18.5 Å². The van der Waals surface area contributed by atoms with Gasteiger partial charge in [-0.3, -0.25) is 4.79 Å². The Hall–Kier alpha value is -2.68. The number of amides is 1. The molecular formula is C16H19NO5. The summed E-state index contributed by atoms with van der Waals surface area (Å²) in [6.07, 6.45) is 5.01. The van der Waals surface area contributed by atoms with Crippen molar-refractivity contribution in [1.82, 2.24) is 5.32 Å². The number of esters is 1. The maximum atomic E-state index is 11.9. The number of rotatable bonds is 8. The van der Waals surface area contributed by atoms with Crippen LogP contribution in [0.5, 0.6) is 11.5 Å². The number of carbonyl (C=O) groups excluding carboxylic acids is 2. The highest BCUT2D eigenvalue weighted by atomic mass is 16.5. The van der Waals surface area contributed by atoms with E-state index in [1.165, 1.54) is 6.07 Å². The van der Waals surface area contributed by atoms with E-state index in [9.17, 15) is 9.59 Å². The van der Waals surface area contributed by atoms with Crippen molar-refractivity contribution < 1.29 is 23.8 Å². The van der Waals surface area contributed by atoms with Crippen molar-refractivity contribution in [3.05, 3.63) is 23.8 Å². The minimum Gasteiger partial charge on any atom is -0.490 e. The SMILES string of the molecule is C#CCNC(=O)COC(=O)c1ccc(OCC)c(OCC)c1. The van der Waals surface area contributed by atoms with Gasteiger partial charge in [0.2, 0.25) is 0 Å². The normalized spacial score (nSPS) is 9.50. The van der Waals surface area contributed by atoms with E-state index in [1.807, 2.05) is 13.8 Å². The fourth-order valence-electron chi connectivity index (χ4n) is 1.59. The minimum absolute atomic E-state index is 0.0912. The van der Waals surface area contributed by atoms with Gasteiger partial charge in [-0.2, -0.15) is 0 Å². The van der Waals surface area contributed by atoms with E-state index in [2.05, 4.69) is 11.2 Å². The molecule has 0 radical (unpaired) electrons. The molecule has 118 valence electrons. The molecule has 6 nitrogen and oxygen atoms in total. The summed E-state index contributed by atoms with van der Waals surface area (Å²) in [5.74, 6) is 2.18. The van der Waals surface area contributed by atoms with E-state index in [1.54, 1.807) is 12.1 Å². The molecule has 0 aliphatic heterocycles. The lowest BCUT2D eigenvalue weighted by molar-refractivity contribution is -0.123. The molecular weight excluding hydrogens is 286 g/mol. The number of nitrogens with one attached hydrogen (secondary N) is 1. The van der Waals surface area contributed by atoms with E-state index in [4.69, 9.17) is 20.6 Å². The molecule has 0 spiro atoms. The van der Waals surface area contributed by atoms with Crippen LogP contribution in [0.4, 0.5) is 0 Å². The predicted octanol–water partition coefficient (Wildman–Crippen LogP) is 1.39. The molecule has 0 bridgehead atoms. The molecule has 0 fully saturated rings. The molecule has 1 aromatic carbocycles. The first-order valence-corrected chi connectivity index (χ1v) is 6.89. The van der Waals surface area contributed by atoms with Gasteiger partial charge >= 0.3 is 5.97 Å². The Labute approximate surface area is 129 Å². The molecule has 1 rings (SSSR count). The maximum Gasteiger partial charge on any atom is 0.338 e. The summed E-state index contributed by atoms with van der Waals surface area (Å²) >= 11 is 0. The van der Waals surface area contributed by atoms with Crippen molar-refractivity contribution in [2.24, 2.45) is 0 Å². The topological polar surface area (TPSA) is 73.9 Å². The highest BCUT2D eigenvalue weighted by Gasteiger charge is 2.14. The molecule has 0 atom stereocenters. The third-order valence-corrected chi connectivity index (χ3v) is 2.50. The van der Waals surface area contributed by atoms with E-state index >= 15 is 0 Å². The van der Waals surface area contributed by atoms with Crippen molar-refractivity contribution >= 4 is 11.9 Å². The second kappa shape index (κ2) is 9.29. The smallest absolute Gasteiger partial charge is 0.338 e. The van der Waals surface area contributed by atoms with Crippen LogP contribution in [0, 0.1) is 12.3 Å². The largest absolute Gasteiger partial charge is 0.490 e. The molecule has 1 aromatic rings. The Morgan fingerprint density at radius 1 is 1.18 bits per heavy atom. The van der Waals surface area contributed by atoms with Crippen molar-refractivity contribution in [2.45, 2.75) is 13.8 Å². The maximum absolute atomic E-state index is 11.9. The molecule has 0 saturated carbocycles. The third kappa shape index (κ3) is 5.37. The fourth-order valence-corrected chi connectivity index (χ4v) is 1.59. The zero-order chi connectivity index (χ0) is 16.4. The number of hydrogen-bond donors (Lipinski definition) is 1. The van der Waals surface area contributed by atoms with Gasteiger partial charge in [0, 0.05) is 0 Å². The number of ether oxygens (including phenoxy) is 3. The molecule has 0 aliphatic rings. The van der Waals surface area contributed by atoms with Gasteiger partial charge in [0.1, 0.15) is 0 Å². The van der Waals surface area contributed by atoms with Crippen LogP contribution in [0.15, 0.2) is 18.2 Å². The van der Waals surface area contributed by atoms with Crippen LogP contribution in [0.3, 0.4) is 0 Å².